The SMILES string of the molecule is COc1ccc(-c2nccs2)c2oc(N3CC4CCC(C3)N4)nc12. The Balaban J connectivity index is 1.62. The number of methoxy groups -OCH3 is 1. The number of thiazole rings is 1. The van der Waals surface area contributed by atoms with Crippen molar-refractivity contribution in [2.75, 3.05) is 25.1 Å². The molecule has 0 radical (unpaired) electrons. The molecule has 2 aromatic heterocycles. The van der Waals surface area contributed by atoms with Crippen molar-refractivity contribution in [3.63, 3.8) is 0 Å². The molecule has 5 rings (SSSR count). The van der Waals surface area contributed by atoms with E-state index in [1.165, 1.54) is 12.8 Å². The molecule has 0 aliphatic carbocycles. The molecule has 24 heavy (non-hydrogen) atoms. The number of aromatic nitrogens is 2. The van der Waals surface area contributed by atoms with E-state index in [4.69, 9.17) is 14.1 Å². The number of hydrogen-bond acceptors (Lipinski definition) is 7. The topological polar surface area (TPSA) is 63.4 Å². The highest BCUT2D eigenvalue weighted by Crippen LogP contribution is 2.38. The Hall–Kier alpha value is -2.12. The van der Waals surface area contributed by atoms with Crippen molar-refractivity contribution in [3.8, 4) is 16.3 Å². The maximum absolute atomic E-state index is 6.20. The molecule has 7 heteroatoms. The predicted octanol–water partition coefficient (Wildman–Crippen LogP) is 2.90. The van der Waals surface area contributed by atoms with Crippen molar-refractivity contribution in [2.24, 2.45) is 0 Å². The Morgan fingerprint density at radius 2 is 2.12 bits per heavy atom. The fourth-order valence-corrected chi connectivity index (χ4v) is 4.41. The highest BCUT2D eigenvalue weighted by atomic mass is 32.1. The highest BCUT2D eigenvalue weighted by Gasteiger charge is 2.34. The maximum Gasteiger partial charge on any atom is 0.298 e. The first-order valence-electron chi connectivity index (χ1n) is 8.20. The number of ether oxygens (including phenoxy) is 1. The number of hydrogen-bond donors (Lipinski definition) is 1. The van der Waals surface area contributed by atoms with Crippen molar-refractivity contribution < 1.29 is 9.15 Å². The molecule has 1 aromatic carbocycles. The van der Waals surface area contributed by atoms with Crippen LogP contribution in [0.3, 0.4) is 0 Å². The third-order valence-electron chi connectivity index (χ3n) is 4.86. The molecule has 0 amide bonds. The minimum atomic E-state index is 0.541. The van der Waals surface area contributed by atoms with Gasteiger partial charge in [0, 0.05) is 36.8 Å². The van der Waals surface area contributed by atoms with Gasteiger partial charge in [0.15, 0.2) is 11.1 Å². The van der Waals surface area contributed by atoms with Crippen LogP contribution in [0.5, 0.6) is 5.75 Å². The Labute approximate surface area is 143 Å². The van der Waals surface area contributed by atoms with Gasteiger partial charge in [0.2, 0.25) is 0 Å². The molecular weight excluding hydrogens is 324 g/mol. The minimum Gasteiger partial charge on any atom is -0.494 e. The molecule has 124 valence electrons. The predicted molar refractivity (Wildman–Crippen MR) is 93.8 cm³/mol. The Morgan fingerprint density at radius 3 is 2.83 bits per heavy atom. The molecule has 4 heterocycles. The summed E-state index contributed by atoms with van der Waals surface area (Å²) in [6, 6.07) is 5.70. The van der Waals surface area contributed by atoms with Gasteiger partial charge in [0.05, 0.1) is 12.7 Å². The van der Waals surface area contributed by atoms with Gasteiger partial charge in [-0.15, -0.1) is 11.3 Å². The lowest BCUT2D eigenvalue weighted by Crippen LogP contribution is -2.51. The zero-order valence-corrected chi connectivity index (χ0v) is 14.2. The second-order valence-electron chi connectivity index (χ2n) is 6.37. The summed E-state index contributed by atoms with van der Waals surface area (Å²) >= 11 is 1.60. The van der Waals surface area contributed by atoms with Crippen LogP contribution in [0.25, 0.3) is 21.7 Å². The lowest BCUT2D eigenvalue weighted by atomic mass is 10.2. The molecule has 2 saturated heterocycles. The van der Waals surface area contributed by atoms with Crippen LogP contribution in [-0.2, 0) is 0 Å². The summed E-state index contributed by atoms with van der Waals surface area (Å²) in [4.78, 5) is 11.4. The van der Waals surface area contributed by atoms with Crippen LogP contribution < -0.4 is 15.0 Å². The molecule has 6 nitrogen and oxygen atoms in total. The molecule has 3 aromatic rings. The van der Waals surface area contributed by atoms with Crippen molar-refractivity contribution >= 4 is 28.5 Å². The van der Waals surface area contributed by atoms with Gasteiger partial charge >= 0.3 is 0 Å². The van der Waals surface area contributed by atoms with Crippen molar-refractivity contribution in [3.05, 3.63) is 23.7 Å². The molecule has 2 atom stereocenters. The first-order chi connectivity index (χ1) is 11.8. The van der Waals surface area contributed by atoms with Crippen LogP contribution in [0.1, 0.15) is 12.8 Å². The van der Waals surface area contributed by atoms with Crippen molar-refractivity contribution in [1.82, 2.24) is 15.3 Å². The number of rotatable bonds is 3. The first-order valence-corrected chi connectivity index (χ1v) is 9.08. The zero-order valence-electron chi connectivity index (χ0n) is 13.4. The van der Waals surface area contributed by atoms with Gasteiger partial charge in [-0.2, -0.15) is 4.98 Å². The molecule has 0 saturated carbocycles. The fourth-order valence-electron chi connectivity index (χ4n) is 3.75. The third-order valence-corrected chi connectivity index (χ3v) is 5.67. The fraction of sp³-hybridized carbons (Fsp3) is 0.412. The number of benzene rings is 1. The van der Waals surface area contributed by atoms with Crippen LogP contribution in [0.2, 0.25) is 0 Å². The van der Waals surface area contributed by atoms with E-state index in [1.807, 2.05) is 17.5 Å². The van der Waals surface area contributed by atoms with Gasteiger partial charge in [-0.25, -0.2) is 4.98 Å². The second kappa shape index (κ2) is 5.46. The van der Waals surface area contributed by atoms with E-state index in [0.717, 1.165) is 40.5 Å². The number of nitrogens with one attached hydrogen (secondary N) is 1. The molecule has 2 aliphatic rings. The molecule has 2 aliphatic heterocycles. The number of anilines is 1. The first kappa shape index (κ1) is 14.2. The minimum absolute atomic E-state index is 0.541. The van der Waals surface area contributed by atoms with E-state index in [-0.39, 0.29) is 0 Å². The molecule has 1 N–H and O–H groups in total. The van der Waals surface area contributed by atoms with Crippen molar-refractivity contribution in [1.29, 1.82) is 0 Å². The van der Waals surface area contributed by atoms with E-state index in [1.54, 1.807) is 24.6 Å². The van der Waals surface area contributed by atoms with Crippen LogP contribution in [-0.4, -0.2) is 42.3 Å². The molecule has 2 unspecified atom stereocenters. The maximum atomic E-state index is 6.20. The number of piperazine rings is 1. The van der Waals surface area contributed by atoms with E-state index >= 15 is 0 Å². The van der Waals surface area contributed by atoms with Crippen molar-refractivity contribution in [2.45, 2.75) is 24.9 Å². The van der Waals surface area contributed by atoms with E-state index < -0.39 is 0 Å². The smallest absolute Gasteiger partial charge is 0.298 e. The number of nitrogens with zero attached hydrogens (tertiary/aromatic N) is 3. The molecule has 2 fully saturated rings. The van der Waals surface area contributed by atoms with Crippen LogP contribution in [0.4, 0.5) is 6.01 Å². The standard InChI is InChI=1S/C17H18N4O2S/c1-22-13-5-4-12(16-18-6-7-24-16)15-14(13)20-17(23-15)21-8-10-2-3-11(9-21)19-10/h4-7,10-11,19H,2-3,8-9H2,1H3. The van der Waals surface area contributed by atoms with Gasteiger partial charge in [-0.05, 0) is 25.0 Å². The van der Waals surface area contributed by atoms with E-state index in [2.05, 4.69) is 15.2 Å². The third kappa shape index (κ3) is 2.19. The number of oxazole rings is 1. The lowest BCUT2D eigenvalue weighted by molar-refractivity contribution is 0.419. The Bertz CT molecular complexity index is 864. The average Bonchev–Trinajstić information content (AvgIpc) is 3.33. The summed E-state index contributed by atoms with van der Waals surface area (Å²) in [6.07, 6.45) is 4.27. The Kier molecular flexibility index (Phi) is 3.24. The van der Waals surface area contributed by atoms with Gasteiger partial charge < -0.3 is 19.4 Å². The van der Waals surface area contributed by atoms with Gasteiger partial charge in [-0.1, -0.05) is 0 Å². The zero-order chi connectivity index (χ0) is 16.1. The van der Waals surface area contributed by atoms with Gasteiger partial charge in [0.1, 0.15) is 10.8 Å². The second-order valence-corrected chi connectivity index (χ2v) is 7.26. The summed E-state index contributed by atoms with van der Waals surface area (Å²) < 4.78 is 11.7. The normalized spacial score (nSPS) is 23.1. The largest absolute Gasteiger partial charge is 0.494 e. The van der Waals surface area contributed by atoms with Crippen LogP contribution >= 0.6 is 11.3 Å². The summed E-state index contributed by atoms with van der Waals surface area (Å²) in [5.41, 5.74) is 2.49. The van der Waals surface area contributed by atoms with Gasteiger partial charge in [-0.3, -0.25) is 0 Å². The summed E-state index contributed by atoms with van der Waals surface area (Å²) in [5.74, 6) is 0.735. The van der Waals surface area contributed by atoms with E-state index in [0.29, 0.717) is 18.1 Å². The van der Waals surface area contributed by atoms with E-state index in [9.17, 15) is 0 Å². The quantitative estimate of drug-likeness (QED) is 0.790. The summed E-state index contributed by atoms with van der Waals surface area (Å²) in [7, 11) is 1.66. The van der Waals surface area contributed by atoms with Gasteiger partial charge in [0.25, 0.3) is 6.01 Å². The summed E-state index contributed by atoms with van der Waals surface area (Å²) in [5, 5.41) is 6.54. The van der Waals surface area contributed by atoms with Crippen LogP contribution in [0, 0.1) is 0 Å². The average molecular weight is 342 g/mol. The monoisotopic (exact) mass is 342 g/mol. The molecule has 0 spiro atoms. The number of fused-ring (bicyclic) bond motifs is 3. The molecule has 2 bridgehead atoms. The van der Waals surface area contributed by atoms with Crippen LogP contribution in [0.15, 0.2) is 28.1 Å². The Morgan fingerprint density at radius 1 is 1.29 bits per heavy atom. The lowest BCUT2D eigenvalue weighted by Gasteiger charge is -2.31. The summed E-state index contributed by atoms with van der Waals surface area (Å²) in [6.45, 7) is 1.89. The highest BCUT2D eigenvalue weighted by molar-refractivity contribution is 7.13. The molecular formula is C17H18N4O2S.